The molecule has 0 amide bonds. The van der Waals surface area contributed by atoms with E-state index < -0.39 is 16.4 Å². The zero-order valence-corrected chi connectivity index (χ0v) is 12.3. The molecule has 1 atom stereocenters. The second-order valence-electron chi connectivity index (χ2n) is 4.69. The molecule has 2 rings (SSSR count). The highest BCUT2D eigenvalue weighted by Gasteiger charge is 2.43. The number of rotatable bonds is 4. The van der Waals surface area contributed by atoms with Crippen molar-refractivity contribution in [1.82, 2.24) is 0 Å². The van der Waals surface area contributed by atoms with E-state index in [9.17, 15) is 20.0 Å². The van der Waals surface area contributed by atoms with Crippen LogP contribution in [0.15, 0.2) is 16.6 Å². The first-order chi connectivity index (χ1) is 9.35. The summed E-state index contributed by atoms with van der Waals surface area (Å²) < 4.78 is 5.61. The van der Waals surface area contributed by atoms with E-state index in [1.54, 1.807) is 13.0 Å². The van der Waals surface area contributed by atoms with Crippen LogP contribution in [0.25, 0.3) is 0 Å². The monoisotopic (exact) mass is 344 g/mol. The number of carboxylic acids is 1. The van der Waals surface area contributed by atoms with Crippen LogP contribution in [0.4, 0.5) is 11.4 Å². The Morgan fingerprint density at radius 3 is 2.80 bits per heavy atom. The lowest BCUT2D eigenvalue weighted by atomic mass is 9.98. The Hall–Kier alpha value is -1.67. The molecule has 0 saturated carbocycles. The van der Waals surface area contributed by atoms with Gasteiger partial charge in [-0.1, -0.05) is 0 Å². The van der Waals surface area contributed by atoms with Gasteiger partial charge in [0.15, 0.2) is 5.54 Å². The minimum Gasteiger partial charge on any atom is -0.479 e. The third kappa shape index (κ3) is 2.61. The maximum Gasteiger partial charge on any atom is 0.331 e. The molecule has 1 aliphatic rings. The van der Waals surface area contributed by atoms with Crippen molar-refractivity contribution in [1.29, 1.82) is 0 Å². The van der Waals surface area contributed by atoms with Gasteiger partial charge in [-0.15, -0.1) is 0 Å². The molecule has 1 unspecified atom stereocenters. The number of nitro benzene ring substituents is 1. The van der Waals surface area contributed by atoms with Crippen LogP contribution in [0.5, 0.6) is 0 Å². The van der Waals surface area contributed by atoms with Gasteiger partial charge in [0, 0.05) is 29.1 Å². The second-order valence-corrected chi connectivity index (χ2v) is 5.54. The van der Waals surface area contributed by atoms with Crippen molar-refractivity contribution in [3.63, 3.8) is 0 Å². The summed E-state index contributed by atoms with van der Waals surface area (Å²) in [5, 5.41) is 23.1. The third-order valence-corrected chi connectivity index (χ3v) is 3.94. The fourth-order valence-electron chi connectivity index (χ4n) is 2.11. The Kier molecular flexibility index (Phi) is 3.96. The topological polar surface area (TPSA) is 102 Å². The van der Waals surface area contributed by atoms with Crippen LogP contribution >= 0.6 is 15.9 Å². The lowest BCUT2D eigenvalue weighted by Gasteiger charge is -2.25. The smallest absolute Gasteiger partial charge is 0.331 e. The first-order valence-electron chi connectivity index (χ1n) is 5.89. The van der Waals surface area contributed by atoms with Gasteiger partial charge in [0.05, 0.1) is 17.2 Å². The van der Waals surface area contributed by atoms with Crippen molar-refractivity contribution in [2.24, 2.45) is 0 Å². The summed E-state index contributed by atoms with van der Waals surface area (Å²) in [6.45, 7) is 2.03. The molecule has 20 heavy (non-hydrogen) atoms. The Bertz CT molecular complexity index is 569. The second kappa shape index (κ2) is 5.37. The van der Waals surface area contributed by atoms with Gasteiger partial charge in [0.2, 0.25) is 0 Å². The Morgan fingerprint density at radius 1 is 1.60 bits per heavy atom. The minimum atomic E-state index is -1.19. The number of aliphatic carboxylic acids is 1. The quantitative estimate of drug-likeness (QED) is 0.641. The SMILES string of the molecule is Cc1cc(NC2(C(=O)O)CCOC2)c(Br)cc1[N+](=O)[O-]. The van der Waals surface area contributed by atoms with E-state index in [1.165, 1.54) is 6.07 Å². The molecule has 1 fully saturated rings. The summed E-state index contributed by atoms with van der Waals surface area (Å²) in [6, 6.07) is 2.92. The average Bonchev–Trinajstić information content (AvgIpc) is 2.83. The number of carboxylic acid groups (broad SMARTS) is 1. The molecule has 1 aromatic rings. The molecule has 0 aromatic heterocycles. The number of anilines is 1. The molecule has 108 valence electrons. The molecule has 1 aromatic carbocycles. The Morgan fingerprint density at radius 2 is 2.30 bits per heavy atom. The van der Waals surface area contributed by atoms with Crippen molar-refractivity contribution in [2.75, 3.05) is 18.5 Å². The minimum absolute atomic E-state index is 0.0190. The summed E-state index contributed by atoms with van der Waals surface area (Å²) in [5.74, 6) is -1.00. The van der Waals surface area contributed by atoms with E-state index in [0.29, 0.717) is 28.8 Å². The average molecular weight is 345 g/mol. The summed E-state index contributed by atoms with van der Waals surface area (Å²) >= 11 is 3.23. The van der Waals surface area contributed by atoms with Crippen molar-refractivity contribution in [3.8, 4) is 0 Å². The number of nitrogens with zero attached hydrogens (tertiary/aromatic N) is 1. The number of nitrogens with one attached hydrogen (secondary N) is 1. The molecule has 0 aliphatic carbocycles. The van der Waals surface area contributed by atoms with Crippen LogP contribution in [-0.4, -0.2) is 34.8 Å². The molecule has 8 heteroatoms. The van der Waals surface area contributed by atoms with Crippen LogP contribution < -0.4 is 5.32 Å². The van der Waals surface area contributed by atoms with Gasteiger partial charge < -0.3 is 15.2 Å². The van der Waals surface area contributed by atoms with Gasteiger partial charge in [0.25, 0.3) is 5.69 Å². The van der Waals surface area contributed by atoms with Gasteiger partial charge in [-0.05, 0) is 28.9 Å². The fraction of sp³-hybridized carbons (Fsp3) is 0.417. The highest BCUT2D eigenvalue weighted by atomic mass is 79.9. The van der Waals surface area contributed by atoms with Crippen molar-refractivity contribution < 1.29 is 19.6 Å². The number of hydrogen-bond acceptors (Lipinski definition) is 5. The number of benzene rings is 1. The van der Waals surface area contributed by atoms with E-state index >= 15 is 0 Å². The summed E-state index contributed by atoms with van der Waals surface area (Å²) in [5.41, 5.74) is -0.249. The maximum absolute atomic E-state index is 11.4. The van der Waals surface area contributed by atoms with Gasteiger partial charge in [0.1, 0.15) is 0 Å². The summed E-state index contributed by atoms with van der Waals surface area (Å²) in [7, 11) is 0. The molecule has 2 N–H and O–H groups in total. The van der Waals surface area contributed by atoms with Crippen LogP contribution in [-0.2, 0) is 9.53 Å². The first kappa shape index (κ1) is 14.7. The molecular formula is C12H13BrN2O5. The van der Waals surface area contributed by atoms with Crippen LogP contribution in [0, 0.1) is 17.0 Å². The third-order valence-electron chi connectivity index (χ3n) is 3.29. The van der Waals surface area contributed by atoms with E-state index in [2.05, 4.69) is 21.2 Å². The highest BCUT2D eigenvalue weighted by molar-refractivity contribution is 9.10. The number of ether oxygens (including phenoxy) is 1. The van der Waals surface area contributed by atoms with E-state index in [0.717, 1.165) is 0 Å². The lowest BCUT2D eigenvalue weighted by Crippen LogP contribution is -2.47. The molecule has 1 aliphatic heterocycles. The van der Waals surface area contributed by atoms with Crippen molar-refractivity contribution in [3.05, 3.63) is 32.3 Å². The standard InChI is InChI=1S/C12H13BrN2O5/c1-7-4-9(8(13)5-10(7)15(18)19)14-12(11(16)17)2-3-20-6-12/h4-5,14H,2-3,6H2,1H3,(H,16,17). The molecule has 7 nitrogen and oxygen atoms in total. The largest absolute Gasteiger partial charge is 0.479 e. The van der Waals surface area contributed by atoms with Gasteiger partial charge in [-0.3, -0.25) is 10.1 Å². The summed E-state index contributed by atoms with van der Waals surface area (Å²) in [6.07, 6.45) is 0.338. The van der Waals surface area contributed by atoms with E-state index in [1.807, 2.05) is 0 Å². The first-order valence-corrected chi connectivity index (χ1v) is 6.69. The number of halogens is 1. The van der Waals surface area contributed by atoms with Gasteiger partial charge in [-0.2, -0.15) is 0 Å². The van der Waals surface area contributed by atoms with E-state index in [4.69, 9.17) is 4.74 Å². The molecule has 0 radical (unpaired) electrons. The maximum atomic E-state index is 11.4. The Labute approximate surface area is 123 Å². The van der Waals surface area contributed by atoms with Crippen LogP contribution in [0.1, 0.15) is 12.0 Å². The molecular weight excluding hydrogens is 332 g/mol. The van der Waals surface area contributed by atoms with Crippen LogP contribution in [0.2, 0.25) is 0 Å². The van der Waals surface area contributed by atoms with Crippen molar-refractivity contribution in [2.45, 2.75) is 18.9 Å². The van der Waals surface area contributed by atoms with Gasteiger partial charge >= 0.3 is 5.97 Å². The molecule has 1 heterocycles. The predicted molar refractivity (Wildman–Crippen MR) is 75.0 cm³/mol. The zero-order chi connectivity index (χ0) is 14.9. The predicted octanol–water partition coefficient (Wildman–Crippen LogP) is 2.32. The number of aryl methyl sites for hydroxylation is 1. The van der Waals surface area contributed by atoms with Crippen LogP contribution in [0.3, 0.4) is 0 Å². The zero-order valence-electron chi connectivity index (χ0n) is 10.7. The van der Waals surface area contributed by atoms with Gasteiger partial charge in [-0.25, -0.2) is 4.79 Å². The number of nitro groups is 1. The molecule has 0 bridgehead atoms. The molecule has 1 saturated heterocycles. The highest BCUT2D eigenvalue weighted by Crippen LogP contribution is 2.34. The lowest BCUT2D eigenvalue weighted by molar-refractivity contribution is -0.385. The Balaban J connectivity index is 2.36. The fourth-order valence-corrected chi connectivity index (χ4v) is 2.54. The number of carbonyl (C=O) groups is 1. The normalized spacial score (nSPS) is 21.7. The van der Waals surface area contributed by atoms with Crippen molar-refractivity contribution >= 4 is 33.3 Å². The summed E-state index contributed by atoms with van der Waals surface area (Å²) in [4.78, 5) is 21.8. The van der Waals surface area contributed by atoms with E-state index in [-0.39, 0.29) is 12.3 Å². The number of hydrogen-bond donors (Lipinski definition) is 2. The molecule has 0 spiro atoms.